The van der Waals surface area contributed by atoms with Gasteiger partial charge >= 0.3 is 6.03 Å². The van der Waals surface area contributed by atoms with E-state index in [-0.39, 0.29) is 37.4 Å². The molecule has 2 aromatic carbocycles. The molecule has 2 aromatic rings. The highest BCUT2D eigenvalue weighted by Crippen LogP contribution is 2.29. The van der Waals surface area contributed by atoms with Crippen molar-refractivity contribution in [3.63, 3.8) is 0 Å². The molecule has 0 aromatic heterocycles. The zero-order valence-electron chi connectivity index (χ0n) is 17.4. The molecule has 4 amide bonds. The minimum atomic E-state index is -0.241. The molecule has 0 radical (unpaired) electrons. The SMILES string of the molecule is CN(Cc1ccccc1)C(=O)NCCC(=O)Nc1ccc(N2CCNC(=O)C2)c(Cl)c1. The van der Waals surface area contributed by atoms with E-state index in [2.05, 4.69) is 16.0 Å². The first-order valence-electron chi connectivity index (χ1n) is 10.1. The summed E-state index contributed by atoms with van der Waals surface area (Å²) in [7, 11) is 1.71. The van der Waals surface area contributed by atoms with Gasteiger partial charge in [0.1, 0.15) is 0 Å². The molecule has 164 valence electrons. The Balaban J connectivity index is 1.43. The lowest BCUT2D eigenvalue weighted by atomic mass is 10.2. The van der Waals surface area contributed by atoms with Crippen LogP contribution in [-0.4, -0.2) is 56.0 Å². The van der Waals surface area contributed by atoms with Crippen molar-refractivity contribution in [3.8, 4) is 0 Å². The summed E-state index contributed by atoms with van der Waals surface area (Å²) in [5.74, 6) is -0.275. The van der Waals surface area contributed by atoms with Gasteiger partial charge < -0.3 is 25.8 Å². The molecule has 31 heavy (non-hydrogen) atoms. The van der Waals surface area contributed by atoms with Crippen LogP contribution in [0.1, 0.15) is 12.0 Å². The van der Waals surface area contributed by atoms with E-state index in [1.807, 2.05) is 35.2 Å². The van der Waals surface area contributed by atoms with Crippen LogP contribution in [0.5, 0.6) is 0 Å². The van der Waals surface area contributed by atoms with E-state index in [0.29, 0.717) is 30.3 Å². The lowest BCUT2D eigenvalue weighted by molar-refractivity contribution is -0.120. The third kappa shape index (κ3) is 6.62. The Labute approximate surface area is 186 Å². The van der Waals surface area contributed by atoms with E-state index in [1.165, 1.54) is 0 Å². The molecular formula is C22H26ClN5O3. The van der Waals surface area contributed by atoms with Gasteiger partial charge in [0.15, 0.2) is 0 Å². The summed E-state index contributed by atoms with van der Waals surface area (Å²) >= 11 is 6.35. The van der Waals surface area contributed by atoms with E-state index < -0.39 is 0 Å². The molecule has 1 aliphatic rings. The van der Waals surface area contributed by atoms with Crippen molar-refractivity contribution in [1.82, 2.24) is 15.5 Å². The number of nitrogens with one attached hydrogen (secondary N) is 3. The maximum absolute atomic E-state index is 12.2. The molecule has 1 aliphatic heterocycles. The summed E-state index contributed by atoms with van der Waals surface area (Å²) in [6.07, 6.45) is 0.135. The van der Waals surface area contributed by atoms with E-state index in [0.717, 1.165) is 11.3 Å². The van der Waals surface area contributed by atoms with Gasteiger partial charge in [-0.25, -0.2) is 4.79 Å². The van der Waals surface area contributed by atoms with E-state index in [1.54, 1.807) is 30.1 Å². The first-order valence-corrected chi connectivity index (χ1v) is 10.4. The highest BCUT2D eigenvalue weighted by molar-refractivity contribution is 6.33. The summed E-state index contributed by atoms with van der Waals surface area (Å²) in [6, 6.07) is 14.6. The molecule has 9 heteroatoms. The van der Waals surface area contributed by atoms with Gasteiger partial charge in [0.05, 0.1) is 17.3 Å². The monoisotopic (exact) mass is 443 g/mol. The second-order valence-corrected chi connectivity index (χ2v) is 7.72. The van der Waals surface area contributed by atoms with E-state index >= 15 is 0 Å². The maximum atomic E-state index is 12.2. The van der Waals surface area contributed by atoms with Crippen LogP contribution < -0.4 is 20.9 Å². The van der Waals surface area contributed by atoms with Gasteiger partial charge in [-0.3, -0.25) is 9.59 Å². The van der Waals surface area contributed by atoms with Crippen molar-refractivity contribution in [3.05, 3.63) is 59.1 Å². The Hall–Kier alpha value is -3.26. The highest BCUT2D eigenvalue weighted by Gasteiger charge is 2.19. The van der Waals surface area contributed by atoms with Gasteiger partial charge in [-0.2, -0.15) is 0 Å². The summed E-state index contributed by atoms with van der Waals surface area (Å²) in [5, 5.41) is 8.75. The van der Waals surface area contributed by atoms with Crippen LogP contribution in [0.4, 0.5) is 16.2 Å². The minimum Gasteiger partial charge on any atom is -0.359 e. The Morgan fingerprint density at radius 3 is 2.68 bits per heavy atom. The molecule has 0 bridgehead atoms. The number of anilines is 2. The Bertz CT molecular complexity index is 938. The lowest BCUT2D eigenvalue weighted by Crippen LogP contribution is -2.47. The van der Waals surface area contributed by atoms with E-state index in [4.69, 9.17) is 11.6 Å². The third-order valence-electron chi connectivity index (χ3n) is 4.85. The average molecular weight is 444 g/mol. The van der Waals surface area contributed by atoms with Crippen molar-refractivity contribution >= 4 is 40.8 Å². The van der Waals surface area contributed by atoms with Crippen molar-refractivity contribution in [2.45, 2.75) is 13.0 Å². The summed E-state index contributed by atoms with van der Waals surface area (Å²) in [6.45, 7) is 2.21. The van der Waals surface area contributed by atoms with Crippen LogP contribution in [0.2, 0.25) is 5.02 Å². The molecule has 1 fully saturated rings. The largest absolute Gasteiger partial charge is 0.359 e. The number of nitrogens with zero attached hydrogens (tertiary/aromatic N) is 2. The maximum Gasteiger partial charge on any atom is 0.317 e. The number of hydrogen-bond acceptors (Lipinski definition) is 4. The van der Waals surface area contributed by atoms with Gasteiger partial charge in [0.25, 0.3) is 0 Å². The number of rotatable bonds is 7. The Kier molecular flexibility index (Phi) is 7.72. The molecule has 0 aliphatic carbocycles. The molecule has 0 spiro atoms. The van der Waals surface area contributed by atoms with Crippen LogP contribution in [0.25, 0.3) is 0 Å². The van der Waals surface area contributed by atoms with Crippen LogP contribution in [0.15, 0.2) is 48.5 Å². The second kappa shape index (κ2) is 10.7. The number of amides is 4. The Morgan fingerprint density at radius 1 is 1.19 bits per heavy atom. The van der Waals surface area contributed by atoms with Crippen molar-refractivity contribution in [1.29, 1.82) is 0 Å². The topological polar surface area (TPSA) is 93.8 Å². The number of carbonyl (C=O) groups is 3. The first-order chi connectivity index (χ1) is 14.9. The molecule has 0 saturated carbocycles. The smallest absolute Gasteiger partial charge is 0.317 e. The molecule has 0 unspecified atom stereocenters. The molecule has 8 nitrogen and oxygen atoms in total. The molecule has 0 atom stereocenters. The number of halogens is 1. The number of piperazine rings is 1. The first kappa shape index (κ1) is 22.4. The van der Waals surface area contributed by atoms with Gasteiger partial charge in [-0.15, -0.1) is 0 Å². The van der Waals surface area contributed by atoms with Gasteiger partial charge in [-0.1, -0.05) is 41.9 Å². The standard InChI is InChI=1S/C22H26ClN5O3/c1-27(14-16-5-3-2-4-6-16)22(31)25-10-9-20(29)26-17-7-8-19(18(23)13-17)28-12-11-24-21(30)15-28/h2-8,13H,9-12,14-15H2,1H3,(H,24,30)(H,25,31)(H,26,29). The molecule has 1 saturated heterocycles. The fraction of sp³-hybridized carbons (Fsp3) is 0.318. The van der Waals surface area contributed by atoms with Gasteiger partial charge in [0, 0.05) is 45.3 Å². The highest BCUT2D eigenvalue weighted by atomic mass is 35.5. The van der Waals surface area contributed by atoms with Crippen LogP contribution in [0, 0.1) is 0 Å². The average Bonchev–Trinajstić information content (AvgIpc) is 2.74. The molecule has 3 rings (SSSR count). The number of carbonyl (C=O) groups excluding carboxylic acids is 3. The minimum absolute atomic E-state index is 0.0452. The molecule has 3 N–H and O–H groups in total. The van der Waals surface area contributed by atoms with Gasteiger partial charge in [0.2, 0.25) is 11.8 Å². The number of benzene rings is 2. The third-order valence-corrected chi connectivity index (χ3v) is 5.15. The number of hydrogen-bond donors (Lipinski definition) is 3. The van der Waals surface area contributed by atoms with E-state index in [9.17, 15) is 14.4 Å². The van der Waals surface area contributed by atoms with Gasteiger partial charge in [-0.05, 0) is 23.8 Å². The Morgan fingerprint density at radius 2 is 1.97 bits per heavy atom. The number of urea groups is 1. The molecular weight excluding hydrogens is 418 g/mol. The van der Waals surface area contributed by atoms with Crippen molar-refractivity contribution in [2.24, 2.45) is 0 Å². The summed E-state index contributed by atoms with van der Waals surface area (Å²) in [4.78, 5) is 39.4. The van der Waals surface area contributed by atoms with Crippen molar-refractivity contribution < 1.29 is 14.4 Å². The lowest BCUT2D eigenvalue weighted by Gasteiger charge is -2.29. The zero-order valence-corrected chi connectivity index (χ0v) is 18.1. The quantitative estimate of drug-likeness (QED) is 0.612. The van der Waals surface area contributed by atoms with Crippen LogP contribution in [0.3, 0.4) is 0 Å². The van der Waals surface area contributed by atoms with Crippen LogP contribution >= 0.6 is 11.6 Å². The fourth-order valence-electron chi connectivity index (χ4n) is 3.26. The predicted octanol–water partition coefficient (Wildman–Crippen LogP) is 2.45. The fourth-order valence-corrected chi connectivity index (χ4v) is 3.56. The molecule has 1 heterocycles. The normalized spacial score (nSPS) is 13.4. The van der Waals surface area contributed by atoms with Crippen LogP contribution in [-0.2, 0) is 16.1 Å². The summed E-state index contributed by atoms with van der Waals surface area (Å²) in [5.41, 5.74) is 2.35. The van der Waals surface area contributed by atoms with Crippen molar-refractivity contribution in [2.75, 3.05) is 43.4 Å². The second-order valence-electron chi connectivity index (χ2n) is 7.31. The predicted molar refractivity (Wildman–Crippen MR) is 121 cm³/mol. The zero-order chi connectivity index (χ0) is 22.2. The summed E-state index contributed by atoms with van der Waals surface area (Å²) < 4.78 is 0.